The van der Waals surface area contributed by atoms with Gasteiger partial charge in [0.1, 0.15) is 30.5 Å². The third-order valence-corrected chi connectivity index (χ3v) is 6.36. The second-order valence-corrected chi connectivity index (χ2v) is 8.86. The van der Waals surface area contributed by atoms with Gasteiger partial charge < -0.3 is 15.0 Å². The molecule has 2 aromatic carbocycles. The number of nitrogens with zero attached hydrogens (tertiary/aromatic N) is 3. The normalized spacial score (nSPS) is 16.3. The molecule has 2 aliphatic heterocycles. The van der Waals surface area contributed by atoms with Gasteiger partial charge in [0.15, 0.2) is 11.4 Å². The van der Waals surface area contributed by atoms with Crippen LogP contribution in [-0.4, -0.2) is 40.6 Å². The number of nitrogens with one attached hydrogen (secondary N) is 1. The summed E-state index contributed by atoms with van der Waals surface area (Å²) < 4.78 is 34.7. The zero-order valence-corrected chi connectivity index (χ0v) is 20.0. The number of hydrogen-bond acceptors (Lipinski definition) is 5. The van der Waals surface area contributed by atoms with Crippen LogP contribution in [0.15, 0.2) is 71.7 Å². The summed E-state index contributed by atoms with van der Waals surface area (Å²) in [4.78, 5) is 41.6. The maximum absolute atomic E-state index is 14.1. The molecular weight excluding hydrogens is 482 g/mol. The molecule has 2 amide bonds. The van der Waals surface area contributed by atoms with Crippen molar-refractivity contribution in [2.24, 2.45) is 0 Å². The molecule has 190 valence electrons. The van der Waals surface area contributed by atoms with Gasteiger partial charge in [-0.25, -0.2) is 8.78 Å². The van der Waals surface area contributed by atoms with E-state index in [9.17, 15) is 23.2 Å². The van der Waals surface area contributed by atoms with Crippen molar-refractivity contribution in [1.29, 1.82) is 0 Å². The van der Waals surface area contributed by atoms with Gasteiger partial charge in [-0.3, -0.25) is 24.1 Å². The van der Waals surface area contributed by atoms with Crippen LogP contribution >= 0.6 is 0 Å². The Morgan fingerprint density at radius 3 is 2.68 bits per heavy atom. The zero-order chi connectivity index (χ0) is 26.1. The van der Waals surface area contributed by atoms with Gasteiger partial charge in [0.25, 0.3) is 11.8 Å². The van der Waals surface area contributed by atoms with E-state index in [1.165, 1.54) is 16.9 Å². The van der Waals surface area contributed by atoms with E-state index in [2.05, 4.69) is 5.32 Å². The van der Waals surface area contributed by atoms with Crippen molar-refractivity contribution in [2.75, 3.05) is 18.2 Å². The molecule has 0 saturated heterocycles. The molecule has 2 bridgehead atoms. The topological polar surface area (TPSA) is 83.9 Å². The Bertz CT molecular complexity index is 1450. The van der Waals surface area contributed by atoms with Gasteiger partial charge in [-0.15, -0.1) is 0 Å². The first-order chi connectivity index (χ1) is 17.8. The number of rotatable bonds is 6. The number of carbonyl (C=O) groups is 2. The highest BCUT2D eigenvalue weighted by Gasteiger charge is 2.37. The monoisotopic (exact) mass is 506 g/mol. The van der Waals surface area contributed by atoms with Crippen molar-refractivity contribution in [3.05, 3.63) is 111 Å². The number of benzene rings is 2. The van der Waals surface area contributed by atoms with Crippen LogP contribution in [0.5, 0.6) is 5.75 Å². The molecule has 1 aromatic heterocycles. The van der Waals surface area contributed by atoms with Gasteiger partial charge in [0, 0.05) is 30.9 Å². The van der Waals surface area contributed by atoms with E-state index in [0.717, 1.165) is 17.7 Å². The Morgan fingerprint density at radius 2 is 1.92 bits per heavy atom. The van der Waals surface area contributed by atoms with E-state index in [1.807, 2.05) is 54.4 Å². The van der Waals surface area contributed by atoms with Crippen molar-refractivity contribution < 1.29 is 23.1 Å². The molecule has 3 aromatic rings. The van der Waals surface area contributed by atoms with E-state index >= 15 is 0 Å². The molecule has 1 atom stereocenters. The summed E-state index contributed by atoms with van der Waals surface area (Å²) in [6.45, 7) is 2.30. The lowest BCUT2D eigenvalue weighted by molar-refractivity contribution is 0.0704. The molecule has 10 heteroatoms. The van der Waals surface area contributed by atoms with Gasteiger partial charge in [-0.1, -0.05) is 48.6 Å². The molecule has 0 aliphatic carbocycles. The average molecular weight is 507 g/mol. The van der Waals surface area contributed by atoms with Crippen LogP contribution in [0.3, 0.4) is 0 Å². The lowest BCUT2D eigenvalue weighted by Gasteiger charge is -2.40. The predicted molar refractivity (Wildman–Crippen MR) is 132 cm³/mol. The Labute approximate surface area is 211 Å². The standard InChI is InChI=1S/C27H24F2N4O4/c1-17-6-5-11-31-16-33(17)32-14-21(26(35)30-13-19-9-10-20(28)12-22(19)29)24(34)25(23(32)27(31)36)37-15-18-7-3-2-4-8-18/h2-10,12,14,17H,11,13,15-16H2,1H3,(H,30,35). The second kappa shape index (κ2) is 9.88. The molecule has 0 radical (unpaired) electrons. The summed E-state index contributed by atoms with van der Waals surface area (Å²) in [6, 6.07) is 12.0. The van der Waals surface area contributed by atoms with Crippen molar-refractivity contribution in [1.82, 2.24) is 14.9 Å². The van der Waals surface area contributed by atoms with Crippen molar-refractivity contribution in [2.45, 2.75) is 26.1 Å². The smallest absolute Gasteiger partial charge is 0.278 e. The number of hydrogen-bond donors (Lipinski definition) is 1. The molecule has 3 heterocycles. The highest BCUT2D eigenvalue weighted by Crippen LogP contribution is 2.26. The first-order valence-electron chi connectivity index (χ1n) is 11.7. The fourth-order valence-electron chi connectivity index (χ4n) is 4.35. The van der Waals surface area contributed by atoms with Crippen molar-refractivity contribution in [3.63, 3.8) is 0 Å². The van der Waals surface area contributed by atoms with Gasteiger partial charge in [-0.05, 0) is 18.6 Å². The Hall–Kier alpha value is -4.47. The molecule has 1 N–H and O–H groups in total. The minimum Gasteiger partial charge on any atom is -0.482 e. The summed E-state index contributed by atoms with van der Waals surface area (Å²) in [5, 5.41) is 4.36. The summed E-state index contributed by atoms with van der Waals surface area (Å²) in [7, 11) is 0. The highest BCUT2D eigenvalue weighted by molar-refractivity contribution is 5.99. The fraction of sp³-hybridized carbons (Fsp3) is 0.222. The lowest BCUT2D eigenvalue weighted by atomic mass is 10.1. The molecule has 0 saturated carbocycles. The van der Waals surface area contributed by atoms with Gasteiger partial charge in [0.2, 0.25) is 5.43 Å². The summed E-state index contributed by atoms with van der Waals surface area (Å²) in [6.07, 6.45) is 5.12. The Kier molecular flexibility index (Phi) is 6.47. The SMILES string of the molecule is CC1C=CCN2CN1n1cc(C(=O)NCc3ccc(F)cc3F)c(=O)c(OCc3ccccc3)c1C2=O. The fourth-order valence-corrected chi connectivity index (χ4v) is 4.35. The molecule has 5 rings (SSSR count). The Morgan fingerprint density at radius 1 is 1.14 bits per heavy atom. The summed E-state index contributed by atoms with van der Waals surface area (Å²) in [5.74, 6) is -2.96. The summed E-state index contributed by atoms with van der Waals surface area (Å²) in [5.41, 5.74) is -0.154. The lowest BCUT2D eigenvalue weighted by Crippen LogP contribution is -2.56. The maximum Gasteiger partial charge on any atom is 0.278 e. The number of amides is 2. The minimum atomic E-state index is -0.815. The molecule has 0 fully saturated rings. The zero-order valence-electron chi connectivity index (χ0n) is 20.0. The maximum atomic E-state index is 14.1. The van der Waals surface area contributed by atoms with Crippen LogP contribution in [0.25, 0.3) is 0 Å². The number of carbonyl (C=O) groups excluding carboxylic acids is 2. The van der Waals surface area contributed by atoms with E-state index in [4.69, 9.17) is 4.74 Å². The molecular formula is C27H24F2N4O4. The van der Waals surface area contributed by atoms with Crippen LogP contribution < -0.4 is 20.5 Å². The first kappa shape index (κ1) is 24.2. The van der Waals surface area contributed by atoms with Gasteiger partial charge in [0.05, 0.1) is 6.04 Å². The number of ether oxygens (including phenoxy) is 1. The largest absolute Gasteiger partial charge is 0.482 e. The molecule has 8 nitrogen and oxygen atoms in total. The molecule has 0 spiro atoms. The van der Waals surface area contributed by atoms with Gasteiger partial charge in [-0.2, -0.15) is 0 Å². The number of pyridine rings is 1. The number of fused-ring (bicyclic) bond motifs is 4. The highest BCUT2D eigenvalue weighted by atomic mass is 19.1. The van der Waals surface area contributed by atoms with Crippen LogP contribution in [0.1, 0.15) is 38.9 Å². The molecule has 37 heavy (non-hydrogen) atoms. The Balaban J connectivity index is 1.55. The first-order valence-corrected chi connectivity index (χ1v) is 11.7. The van der Waals surface area contributed by atoms with E-state index in [0.29, 0.717) is 6.54 Å². The molecule has 1 unspecified atom stereocenters. The minimum absolute atomic E-state index is 0.00995. The van der Waals surface area contributed by atoms with Crippen molar-refractivity contribution >= 4 is 11.8 Å². The van der Waals surface area contributed by atoms with Crippen LogP contribution in [0, 0.1) is 11.6 Å². The van der Waals surface area contributed by atoms with Crippen LogP contribution in [-0.2, 0) is 13.2 Å². The third-order valence-electron chi connectivity index (χ3n) is 6.36. The van der Waals surface area contributed by atoms with E-state index in [-0.39, 0.29) is 48.4 Å². The number of halogens is 2. The van der Waals surface area contributed by atoms with E-state index < -0.39 is 28.9 Å². The van der Waals surface area contributed by atoms with Gasteiger partial charge >= 0.3 is 0 Å². The summed E-state index contributed by atoms with van der Waals surface area (Å²) >= 11 is 0. The van der Waals surface area contributed by atoms with Crippen LogP contribution in [0.2, 0.25) is 0 Å². The van der Waals surface area contributed by atoms with Crippen LogP contribution in [0.4, 0.5) is 8.78 Å². The third kappa shape index (κ3) is 4.69. The van der Waals surface area contributed by atoms with Crippen molar-refractivity contribution in [3.8, 4) is 5.75 Å². The second-order valence-electron chi connectivity index (χ2n) is 8.86. The quantitative estimate of drug-likeness (QED) is 0.520. The van der Waals surface area contributed by atoms with E-state index in [1.54, 1.807) is 4.90 Å². The number of aromatic nitrogens is 1. The average Bonchev–Trinajstić information content (AvgIpc) is 3.06. The molecule has 2 aliphatic rings. The predicted octanol–water partition coefficient (Wildman–Crippen LogP) is 2.95.